The molecule has 110 valence electrons. The smallest absolute Gasteiger partial charge is 0.176 e. The van der Waals surface area contributed by atoms with Crippen LogP contribution in [0.5, 0.6) is 0 Å². The van der Waals surface area contributed by atoms with E-state index in [0.29, 0.717) is 12.5 Å². The Hall–Kier alpha value is -1.19. The van der Waals surface area contributed by atoms with Gasteiger partial charge in [0.25, 0.3) is 0 Å². The molecular weight excluding hydrogens is 250 g/mol. The van der Waals surface area contributed by atoms with Gasteiger partial charge in [0.05, 0.1) is 12.6 Å². The van der Waals surface area contributed by atoms with Crippen molar-refractivity contribution in [3.63, 3.8) is 0 Å². The molecular formula is C17H25NO2. The molecule has 2 atom stereocenters. The highest BCUT2D eigenvalue weighted by Gasteiger charge is 2.27. The van der Waals surface area contributed by atoms with Gasteiger partial charge in [-0.2, -0.15) is 0 Å². The lowest BCUT2D eigenvalue weighted by molar-refractivity contribution is 0.0925. The maximum Gasteiger partial charge on any atom is 0.176 e. The number of ketones is 1. The number of benzene rings is 1. The van der Waals surface area contributed by atoms with E-state index in [-0.39, 0.29) is 11.9 Å². The largest absolute Gasteiger partial charge is 0.393 e. The molecule has 2 rings (SSSR count). The van der Waals surface area contributed by atoms with Crippen molar-refractivity contribution < 1.29 is 9.90 Å². The number of carbonyl (C=O) groups excluding carboxylic acids is 1. The van der Waals surface area contributed by atoms with Gasteiger partial charge in [-0.15, -0.1) is 0 Å². The molecule has 1 fully saturated rings. The zero-order valence-corrected chi connectivity index (χ0v) is 12.5. The van der Waals surface area contributed by atoms with Crippen molar-refractivity contribution in [2.24, 2.45) is 5.92 Å². The highest BCUT2D eigenvalue weighted by atomic mass is 16.3. The van der Waals surface area contributed by atoms with Crippen LogP contribution in [-0.2, 0) is 6.42 Å². The third-order valence-electron chi connectivity index (χ3n) is 4.17. The second kappa shape index (κ2) is 7.00. The van der Waals surface area contributed by atoms with E-state index in [0.717, 1.165) is 37.9 Å². The van der Waals surface area contributed by atoms with E-state index >= 15 is 0 Å². The van der Waals surface area contributed by atoms with Crippen molar-refractivity contribution in [1.82, 2.24) is 4.90 Å². The molecule has 1 aromatic rings. The molecule has 0 aromatic heterocycles. The standard InChI is InChI=1S/C17H25NO2/c1-3-4-14-5-7-15(8-6-14)17(20)12-18-10-9-16(11-18)13(2)19/h5-8,13,16,19H,3-4,9-12H2,1-2H3. The summed E-state index contributed by atoms with van der Waals surface area (Å²) in [7, 11) is 0. The minimum Gasteiger partial charge on any atom is -0.393 e. The van der Waals surface area contributed by atoms with Crippen LogP contribution in [-0.4, -0.2) is 41.5 Å². The summed E-state index contributed by atoms with van der Waals surface area (Å²) in [5.41, 5.74) is 2.09. The number of aryl methyl sites for hydroxylation is 1. The van der Waals surface area contributed by atoms with Crippen molar-refractivity contribution in [3.8, 4) is 0 Å². The number of carbonyl (C=O) groups is 1. The van der Waals surface area contributed by atoms with Crippen LogP contribution in [0.1, 0.15) is 42.6 Å². The zero-order valence-electron chi connectivity index (χ0n) is 12.5. The molecule has 0 amide bonds. The van der Waals surface area contributed by atoms with Gasteiger partial charge in [-0.1, -0.05) is 37.6 Å². The summed E-state index contributed by atoms with van der Waals surface area (Å²) >= 11 is 0. The van der Waals surface area contributed by atoms with Crippen molar-refractivity contribution in [3.05, 3.63) is 35.4 Å². The molecule has 3 heteroatoms. The number of hydrogen-bond acceptors (Lipinski definition) is 3. The summed E-state index contributed by atoms with van der Waals surface area (Å²) in [6.45, 7) is 6.20. The number of aliphatic hydroxyl groups is 1. The Balaban J connectivity index is 1.89. The number of nitrogens with zero attached hydrogens (tertiary/aromatic N) is 1. The second-order valence-electron chi connectivity index (χ2n) is 5.89. The van der Waals surface area contributed by atoms with E-state index in [9.17, 15) is 9.90 Å². The first-order valence-electron chi connectivity index (χ1n) is 7.62. The predicted molar refractivity (Wildman–Crippen MR) is 81.0 cm³/mol. The Morgan fingerprint density at radius 1 is 1.40 bits per heavy atom. The first-order valence-corrected chi connectivity index (χ1v) is 7.62. The molecule has 1 aliphatic heterocycles. The number of hydrogen-bond donors (Lipinski definition) is 1. The van der Waals surface area contributed by atoms with Gasteiger partial charge in [-0.3, -0.25) is 9.69 Å². The molecule has 1 aliphatic rings. The van der Waals surface area contributed by atoms with Crippen LogP contribution in [0.15, 0.2) is 24.3 Å². The molecule has 0 spiro atoms. The van der Waals surface area contributed by atoms with E-state index < -0.39 is 0 Å². The zero-order chi connectivity index (χ0) is 14.5. The van der Waals surface area contributed by atoms with Gasteiger partial charge < -0.3 is 5.11 Å². The van der Waals surface area contributed by atoms with Gasteiger partial charge >= 0.3 is 0 Å². The molecule has 20 heavy (non-hydrogen) atoms. The summed E-state index contributed by atoms with van der Waals surface area (Å²) in [6.07, 6.45) is 2.90. The molecule has 0 bridgehead atoms. The highest BCUT2D eigenvalue weighted by molar-refractivity contribution is 5.97. The maximum absolute atomic E-state index is 12.2. The fraction of sp³-hybridized carbons (Fsp3) is 0.588. The molecule has 0 radical (unpaired) electrons. The van der Waals surface area contributed by atoms with Crippen molar-refractivity contribution >= 4 is 5.78 Å². The first-order chi connectivity index (χ1) is 9.60. The lowest BCUT2D eigenvalue weighted by Gasteiger charge is -2.16. The van der Waals surface area contributed by atoms with Crippen LogP contribution in [0.25, 0.3) is 0 Å². The molecule has 0 aliphatic carbocycles. The Morgan fingerprint density at radius 2 is 2.10 bits per heavy atom. The second-order valence-corrected chi connectivity index (χ2v) is 5.89. The van der Waals surface area contributed by atoms with Crippen molar-refractivity contribution in [2.45, 2.75) is 39.2 Å². The molecule has 0 saturated carbocycles. The minimum atomic E-state index is -0.275. The average molecular weight is 275 g/mol. The summed E-state index contributed by atoms with van der Waals surface area (Å²) in [5.74, 6) is 0.494. The summed E-state index contributed by atoms with van der Waals surface area (Å²) in [4.78, 5) is 14.4. The van der Waals surface area contributed by atoms with Gasteiger partial charge in [-0.05, 0) is 37.8 Å². The Kier molecular flexibility index (Phi) is 5.32. The summed E-state index contributed by atoms with van der Waals surface area (Å²) in [6, 6.07) is 7.99. The first kappa shape index (κ1) is 15.2. The van der Waals surface area contributed by atoms with Gasteiger partial charge in [0.2, 0.25) is 0 Å². The lowest BCUT2D eigenvalue weighted by atomic mass is 10.0. The maximum atomic E-state index is 12.2. The van der Waals surface area contributed by atoms with Gasteiger partial charge in [0.15, 0.2) is 5.78 Å². The van der Waals surface area contributed by atoms with E-state index in [1.165, 1.54) is 5.56 Å². The third kappa shape index (κ3) is 3.90. The van der Waals surface area contributed by atoms with Crippen LogP contribution in [0.4, 0.5) is 0 Å². The van der Waals surface area contributed by atoms with Crippen LogP contribution < -0.4 is 0 Å². The lowest BCUT2D eigenvalue weighted by Crippen LogP contribution is -2.29. The summed E-state index contributed by atoms with van der Waals surface area (Å²) < 4.78 is 0. The predicted octanol–water partition coefficient (Wildman–Crippen LogP) is 2.52. The van der Waals surface area contributed by atoms with Gasteiger partial charge in [0, 0.05) is 12.1 Å². The van der Waals surface area contributed by atoms with Gasteiger partial charge in [-0.25, -0.2) is 0 Å². The molecule has 3 nitrogen and oxygen atoms in total. The molecule has 1 N–H and O–H groups in total. The molecule has 1 aromatic carbocycles. The number of aliphatic hydroxyl groups excluding tert-OH is 1. The SMILES string of the molecule is CCCc1ccc(C(=O)CN2CCC(C(C)O)C2)cc1. The number of likely N-dealkylation sites (tertiary alicyclic amines) is 1. The van der Waals surface area contributed by atoms with E-state index in [1.54, 1.807) is 0 Å². The van der Waals surface area contributed by atoms with E-state index in [4.69, 9.17) is 0 Å². The van der Waals surface area contributed by atoms with E-state index in [1.807, 2.05) is 19.1 Å². The summed E-state index contributed by atoms with van der Waals surface area (Å²) in [5, 5.41) is 9.59. The fourth-order valence-corrected chi connectivity index (χ4v) is 2.84. The van der Waals surface area contributed by atoms with Crippen LogP contribution in [0, 0.1) is 5.92 Å². The van der Waals surface area contributed by atoms with Crippen molar-refractivity contribution in [2.75, 3.05) is 19.6 Å². The van der Waals surface area contributed by atoms with Crippen LogP contribution in [0.3, 0.4) is 0 Å². The third-order valence-corrected chi connectivity index (χ3v) is 4.17. The Bertz CT molecular complexity index is 439. The molecule has 1 saturated heterocycles. The minimum absolute atomic E-state index is 0.180. The normalized spacial score (nSPS) is 21.1. The number of Topliss-reactive ketones (excluding diaryl/α,β-unsaturated/α-hetero) is 1. The topological polar surface area (TPSA) is 40.5 Å². The Labute approximate surface area is 121 Å². The molecule has 2 unspecified atom stereocenters. The van der Waals surface area contributed by atoms with Crippen molar-refractivity contribution in [1.29, 1.82) is 0 Å². The van der Waals surface area contributed by atoms with Gasteiger partial charge in [0.1, 0.15) is 0 Å². The molecule has 1 heterocycles. The van der Waals surface area contributed by atoms with Crippen LogP contribution in [0.2, 0.25) is 0 Å². The highest BCUT2D eigenvalue weighted by Crippen LogP contribution is 2.20. The fourth-order valence-electron chi connectivity index (χ4n) is 2.84. The average Bonchev–Trinajstić information content (AvgIpc) is 2.88. The number of rotatable bonds is 6. The quantitative estimate of drug-likeness (QED) is 0.811. The Morgan fingerprint density at radius 3 is 2.65 bits per heavy atom. The monoisotopic (exact) mass is 275 g/mol. The van der Waals surface area contributed by atoms with E-state index in [2.05, 4.69) is 24.0 Å². The van der Waals surface area contributed by atoms with Crippen LogP contribution >= 0.6 is 0 Å².